The number of nitriles is 1. The monoisotopic (exact) mass is 907 g/mol. The van der Waals surface area contributed by atoms with Crippen molar-refractivity contribution in [2.45, 2.75) is 0 Å². The van der Waals surface area contributed by atoms with Crippen molar-refractivity contribution < 1.29 is 8.83 Å². The first-order chi connectivity index (χ1) is 35.1. The van der Waals surface area contributed by atoms with Gasteiger partial charge in [0.2, 0.25) is 0 Å². The number of fused-ring (bicyclic) bond motifs is 9. The third-order valence-electron chi connectivity index (χ3n) is 13.7. The van der Waals surface area contributed by atoms with E-state index in [9.17, 15) is 5.26 Å². The molecular formula is C64H37N5O2. The molecule has 0 amide bonds. The van der Waals surface area contributed by atoms with Gasteiger partial charge in [-0.3, -0.25) is 0 Å². The van der Waals surface area contributed by atoms with E-state index in [-0.39, 0.29) is 0 Å². The van der Waals surface area contributed by atoms with Crippen molar-refractivity contribution in [2.24, 2.45) is 0 Å². The third kappa shape index (κ3) is 6.69. The van der Waals surface area contributed by atoms with Crippen LogP contribution in [0.3, 0.4) is 0 Å². The van der Waals surface area contributed by atoms with Crippen molar-refractivity contribution in [1.82, 2.24) is 19.5 Å². The quantitative estimate of drug-likeness (QED) is 0.158. The van der Waals surface area contributed by atoms with Gasteiger partial charge in [0, 0.05) is 60.1 Å². The van der Waals surface area contributed by atoms with E-state index in [2.05, 4.69) is 156 Å². The largest absolute Gasteiger partial charge is 0.456 e. The molecule has 0 spiro atoms. The molecule has 0 aliphatic rings. The second-order valence-electron chi connectivity index (χ2n) is 17.9. The molecule has 0 unspecified atom stereocenters. The molecule has 0 radical (unpaired) electrons. The standard InChI is InChI=1S/C64H37N5O2/c65-38-39-24-30-55-53(32-39)54-33-43(40-14-4-1-5-15-40)27-31-56(54)69(55)61-51(41-16-6-2-7-17-41)34-46(35-52(61)42-18-8-3-9-19-42)64-67-62(44-25-28-49-47-20-10-12-22-57(47)70-59(49)36-44)66-63(68-64)45-26-29-50-48-21-11-13-23-58(48)71-60(50)37-45/h1-37H. The summed E-state index contributed by atoms with van der Waals surface area (Å²) in [5.74, 6) is 1.52. The van der Waals surface area contributed by atoms with Gasteiger partial charge in [-0.1, -0.05) is 146 Å². The van der Waals surface area contributed by atoms with Crippen LogP contribution < -0.4 is 0 Å². The molecule has 0 N–H and O–H groups in total. The second-order valence-corrected chi connectivity index (χ2v) is 17.9. The molecule has 71 heavy (non-hydrogen) atoms. The molecule has 10 aromatic carbocycles. The van der Waals surface area contributed by atoms with Gasteiger partial charge < -0.3 is 13.4 Å². The first kappa shape index (κ1) is 40.2. The minimum absolute atomic E-state index is 0.508. The fraction of sp³-hybridized carbons (Fsp3) is 0. The van der Waals surface area contributed by atoms with Crippen LogP contribution in [0.15, 0.2) is 233 Å². The Kier molecular flexibility index (Phi) is 9.13. The van der Waals surface area contributed by atoms with E-state index < -0.39 is 0 Å². The van der Waals surface area contributed by atoms with E-state index in [1.54, 1.807) is 0 Å². The average Bonchev–Trinajstić information content (AvgIpc) is 4.11. The van der Waals surface area contributed by atoms with Gasteiger partial charge in [0.05, 0.1) is 28.4 Å². The van der Waals surface area contributed by atoms with E-state index in [4.69, 9.17) is 23.8 Å². The number of para-hydroxylation sites is 2. The molecule has 4 aromatic heterocycles. The molecular weight excluding hydrogens is 871 g/mol. The Morgan fingerprint density at radius 2 is 0.761 bits per heavy atom. The SMILES string of the molecule is N#Cc1ccc2c(c1)c1cc(-c3ccccc3)ccc1n2-c1c(-c2ccccc2)cc(-c2nc(-c3ccc4c(c3)oc3ccccc34)nc(-c3ccc4c(c3)oc3ccccc34)n2)cc1-c1ccccc1. The van der Waals surface area contributed by atoms with Gasteiger partial charge in [-0.05, 0) is 101 Å². The Hall–Kier alpha value is -9.90. The molecule has 7 nitrogen and oxygen atoms in total. The van der Waals surface area contributed by atoms with E-state index in [0.29, 0.717) is 23.0 Å². The number of hydrogen-bond donors (Lipinski definition) is 0. The minimum atomic E-state index is 0.508. The lowest BCUT2D eigenvalue weighted by molar-refractivity contribution is 0.668. The Bertz CT molecular complexity index is 4280. The highest BCUT2D eigenvalue weighted by Crippen LogP contribution is 2.45. The number of nitrogens with zero attached hydrogens (tertiary/aromatic N) is 5. The second kappa shape index (κ2) is 16.1. The molecule has 0 aliphatic carbocycles. The Morgan fingerprint density at radius 1 is 0.324 bits per heavy atom. The topological polar surface area (TPSA) is 93.7 Å². The zero-order chi connectivity index (χ0) is 47.0. The highest BCUT2D eigenvalue weighted by atomic mass is 16.3. The molecule has 0 atom stereocenters. The van der Waals surface area contributed by atoms with Gasteiger partial charge in [-0.25, -0.2) is 15.0 Å². The Morgan fingerprint density at radius 3 is 1.30 bits per heavy atom. The number of furan rings is 2. The number of hydrogen-bond acceptors (Lipinski definition) is 6. The fourth-order valence-electron chi connectivity index (χ4n) is 10.3. The lowest BCUT2D eigenvalue weighted by atomic mass is 9.92. The number of benzene rings is 10. The first-order valence-electron chi connectivity index (χ1n) is 23.5. The summed E-state index contributed by atoms with van der Waals surface area (Å²) in [7, 11) is 0. The zero-order valence-electron chi connectivity index (χ0n) is 37.9. The van der Waals surface area contributed by atoms with Crippen LogP contribution in [0.2, 0.25) is 0 Å². The van der Waals surface area contributed by atoms with Crippen molar-refractivity contribution in [3.63, 3.8) is 0 Å². The summed E-state index contributed by atoms with van der Waals surface area (Å²) in [6, 6.07) is 79.5. The van der Waals surface area contributed by atoms with Crippen molar-refractivity contribution >= 4 is 65.7 Å². The summed E-state index contributed by atoms with van der Waals surface area (Å²) in [6.07, 6.45) is 0. The smallest absolute Gasteiger partial charge is 0.164 e. The average molecular weight is 908 g/mol. The van der Waals surface area contributed by atoms with Crippen LogP contribution in [0.25, 0.3) is 139 Å². The maximum atomic E-state index is 10.2. The van der Waals surface area contributed by atoms with E-state index in [1.165, 1.54) is 0 Å². The molecule has 7 heteroatoms. The molecule has 0 aliphatic heterocycles. The molecule has 14 aromatic rings. The molecule has 0 saturated heterocycles. The summed E-state index contributed by atoms with van der Waals surface area (Å²) >= 11 is 0. The summed E-state index contributed by atoms with van der Waals surface area (Å²) in [4.78, 5) is 15.9. The Labute approximate surface area is 406 Å². The predicted octanol–water partition coefficient (Wildman–Crippen LogP) is 16.6. The molecule has 14 rings (SSSR count). The van der Waals surface area contributed by atoms with Crippen LogP contribution in [-0.2, 0) is 0 Å². The first-order valence-corrected chi connectivity index (χ1v) is 23.5. The van der Waals surface area contributed by atoms with E-state index >= 15 is 0 Å². The van der Waals surface area contributed by atoms with Crippen LogP contribution >= 0.6 is 0 Å². The molecule has 330 valence electrons. The molecule has 0 saturated carbocycles. The minimum Gasteiger partial charge on any atom is -0.456 e. The van der Waals surface area contributed by atoms with Crippen molar-refractivity contribution in [2.75, 3.05) is 0 Å². The van der Waals surface area contributed by atoms with Gasteiger partial charge in [0.15, 0.2) is 17.5 Å². The predicted molar refractivity (Wildman–Crippen MR) is 286 cm³/mol. The summed E-state index contributed by atoms with van der Waals surface area (Å²) in [5, 5.41) is 16.4. The highest BCUT2D eigenvalue weighted by molar-refractivity contribution is 6.13. The van der Waals surface area contributed by atoms with Gasteiger partial charge in [-0.15, -0.1) is 0 Å². The lowest BCUT2D eigenvalue weighted by Gasteiger charge is -2.21. The summed E-state index contributed by atoms with van der Waals surface area (Å²) in [6.45, 7) is 0. The van der Waals surface area contributed by atoms with Crippen LogP contribution in [0.4, 0.5) is 0 Å². The van der Waals surface area contributed by atoms with Crippen LogP contribution in [0.1, 0.15) is 5.56 Å². The molecule has 0 bridgehead atoms. The van der Waals surface area contributed by atoms with Gasteiger partial charge in [0.25, 0.3) is 0 Å². The number of aromatic nitrogens is 4. The normalized spacial score (nSPS) is 11.6. The number of rotatable bonds is 7. The maximum Gasteiger partial charge on any atom is 0.164 e. The van der Waals surface area contributed by atoms with Gasteiger partial charge in [-0.2, -0.15) is 5.26 Å². The van der Waals surface area contributed by atoms with E-state index in [0.717, 1.165) is 121 Å². The van der Waals surface area contributed by atoms with Crippen molar-refractivity contribution in [1.29, 1.82) is 5.26 Å². The lowest BCUT2D eigenvalue weighted by Crippen LogP contribution is -2.04. The van der Waals surface area contributed by atoms with Crippen LogP contribution in [0.5, 0.6) is 0 Å². The van der Waals surface area contributed by atoms with Crippen LogP contribution in [0, 0.1) is 11.3 Å². The fourth-order valence-corrected chi connectivity index (χ4v) is 10.3. The zero-order valence-corrected chi connectivity index (χ0v) is 37.9. The summed E-state index contributed by atoms with van der Waals surface area (Å²) in [5.41, 5.74) is 15.4. The summed E-state index contributed by atoms with van der Waals surface area (Å²) < 4.78 is 15.2. The maximum absolute atomic E-state index is 10.2. The van der Waals surface area contributed by atoms with Crippen molar-refractivity contribution in [3.8, 4) is 79.3 Å². The molecule has 0 fully saturated rings. The van der Waals surface area contributed by atoms with Crippen molar-refractivity contribution in [3.05, 3.63) is 230 Å². The van der Waals surface area contributed by atoms with Gasteiger partial charge >= 0.3 is 0 Å². The highest BCUT2D eigenvalue weighted by Gasteiger charge is 2.24. The third-order valence-corrected chi connectivity index (χ3v) is 13.7. The molecule has 4 heterocycles. The Balaban J connectivity index is 1.05. The van der Waals surface area contributed by atoms with Gasteiger partial charge in [0.1, 0.15) is 22.3 Å². The van der Waals surface area contributed by atoms with E-state index in [1.807, 2.05) is 78.9 Å². The van der Waals surface area contributed by atoms with Crippen LogP contribution in [-0.4, -0.2) is 19.5 Å².